The second kappa shape index (κ2) is 7.64. The molecule has 0 saturated carbocycles. The maximum Gasteiger partial charge on any atom is 0.0731 e. The number of halogens is 2. The van der Waals surface area contributed by atoms with Crippen LogP contribution in [-0.2, 0) is 0 Å². The second-order valence-corrected chi connectivity index (χ2v) is 5.14. The van der Waals surface area contributed by atoms with Gasteiger partial charge >= 0.3 is 0 Å². The number of aromatic carboxylic acids is 1. The third-order valence-electron chi connectivity index (χ3n) is 2.67. The fourth-order valence-electron chi connectivity index (χ4n) is 1.67. The minimum atomic E-state index is -1.35. The average molecular weight is 334 g/mol. The minimum absolute atomic E-state index is 0.104. The van der Waals surface area contributed by atoms with Crippen molar-refractivity contribution >= 4 is 47.1 Å². The van der Waals surface area contributed by atoms with Gasteiger partial charge in [-0.25, -0.2) is 0 Å². The van der Waals surface area contributed by atoms with E-state index in [2.05, 4.69) is 10.5 Å². The molecular weight excluding hydrogens is 323 g/mol. The molecular formula is C16H11Cl2N2O2-. The molecule has 112 valence electrons. The van der Waals surface area contributed by atoms with Gasteiger partial charge in [0.05, 0.1) is 22.9 Å². The number of carbonyl (C=O) groups excluding carboxylic acids is 1. The summed E-state index contributed by atoms with van der Waals surface area (Å²) in [5.74, 6) is -1.35. The van der Waals surface area contributed by atoms with E-state index in [4.69, 9.17) is 23.2 Å². The van der Waals surface area contributed by atoms with Crippen LogP contribution in [0.3, 0.4) is 0 Å². The molecule has 4 nitrogen and oxygen atoms in total. The third kappa shape index (κ3) is 4.62. The number of carbonyl (C=O) groups is 1. The standard InChI is InChI=1S/C16H12Cl2N2O2/c17-12(8-11-4-2-1-3-5-11)10-19-20-13-6-7-15(18)14(9-13)16(21)22/h1-10,20H,(H,21,22)/p-1/b12-8+,19-10?. The molecule has 0 aliphatic carbocycles. The summed E-state index contributed by atoms with van der Waals surface area (Å²) in [5, 5.41) is 15.3. The lowest BCUT2D eigenvalue weighted by Crippen LogP contribution is -2.22. The van der Waals surface area contributed by atoms with Gasteiger partial charge in [0.2, 0.25) is 0 Å². The van der Waals surface area contributed by atoms with Crippen molar-refractivity contribution in [3.63, 3.8) is 0 Å². The molecule has 6 heteroatoms. The molecule has 2 aromatic carbocycles. The van der Waals surface area contributed by atoms with Gasteiger partial charge in [0.15, 0.2) is 0 Å². The second-order valence-electron chi connectivity index (χ2n) is 4.29. The first-order valence-corrected chi connectivity index (χ1v) is 7.04. The summed E-state index contributed by atoms with van der Waals surface area (Å²) in [6.45, 7) is 0. The summed E-state index contributed by atoms with van der Waals surface area (Å²) in [5.41, 5.74) is 3.99. The van der Waals surface area contributed by atoms with Crippen LogP contribution in [-0.4, -0.2) is 12.2 Å². The van der Waals surface area contributed by atoms with Crippen LogP contribution in [0.5, 0.6) is 0 Å². The van der Waals surface area contributed by atoms with Crippen LogP contribution in [0.4, 0.5) is 5.69 Å². The summed E-state index contributed by atoms with van der Waals surface area (Å²) >= 11 is 11.8. The summed E-state index contributed by atoms with van der Waals surface area (Å²) in [6, 6.07) is 13.9. The Kier molecular flexibility index (Phi) is 5.58. The minimum Gasteiger partial charge on any atom is -0.545 e. The topological polar surface area (TPSA) is 64.5 Å². The van der Waals surface area contributed by atoms with Crippen molar-refractivity contribution in [1.29, 1.82) is 0 Å². The molecule has 2 rings (SSSR count). The van der Waals surface area contributed by atoms with Crippen molar-refractivity contribution in [2.75, 3.05) is 5.43 Å². The number of rotatable bonds is 5. The van der Waals surface area contributed by atoms with Gasteiger partial charge in [-0.1, -0.05) is 53.5 Å². The largest absolute Gasteiger partial charge is 0.545 e. The summed E-state index contributed by atoms with van der Waals surface area (Å²) in [4.78, 5) is 10.9. The highest BCUT2D eigenvalue weighted by Gasteiger charge is 2.02. The normalized spacial score (nSPS) is 11.6. The third-order valence-corrected chi connectivity index (χ3v) is 3.21. The lowest BCUT2D eigenvalue weighted by molar-refractivity contribution is -0.255. The molecule has 22 heavy (non-hydrogen) atoms. The van der Waals surface area contributed by atoms with Gasteiger partial charge in [-0.05, 0) is 29.8 Å². The zero-order valence-electron chi connectivity index (χ0n) is 11.3. The van der Waals surface area contributed by atoms with E-state index in [0.29, 0.717) is 10.7 Å². The molecule has 0 spiro atoms. The Morgan fingerprint density at radius 3 is 2.59 bits per heavy atom. The van der Waals surface area contributed by atoms with Crippen molar-refractivity contribution < 1.29 is 9.90 Å². The molecule has 0 atom stereocenters. The molecule has 1 N–H and O–H groups in total. The zero-order valence-corrected chi connectivity index (χ0v) is 12.8. The van der Waals surface area contributed by atoms with Crippen LogP contribution < -0.4 is 10.5 Å². The number of benzene rings is 2. The number of nitrogens with zero attached hydrogens (tertiary/aromatic N) is 1. The van der Waals surface area contributed by atoms with Gasteiger partial charge in [-0.3, -0.25) is 5.43 Å². The van der Waals surface area contributed by atoms with E-state index in [1.807, 2.05) is 30.3 Å². The van der Waals surface area contributed by atoms with Crippen LogP contribution in [0.2, 0.25) is 5.02 Å². The molecule has 0 amide bonds. The number of anilines is 1. The Hall–Kier alpha value is -2.30. The number of hydrogen-bond donors (Lipinski definition) is 1. The lowest BCUT2D eigenvalue weighted by atomic mass is 10.2. The van der Waals surface area contributed by atoms with E-state index in [1.165, 1.54) is 18.3 Å². The van der Waals surface area contributed by atoms with Crippen molar-refractivity contribution in [3.8, 4) is 0 Å². The predicted octanol–water partition coefficient (Wildman–Crippen LogP) is 3.38. The van der Waals surface area contributed by atoms with Crippen LogP contribution in [0.1, 0.15) is 15.9 Å². The Balaban J connectivity index is 2.05. The number of nitrogens with one attached hydrogen (secondary N) is 1. The highest BCUT2D eigenvalue weighted by Crippen LogP contribution is 2.20. The van der Waals surface area contributed by atoms with Crippen LogP contribution >= 0.6 is 23.2 Å². The first-order valence-electron chi connectivity index (χ1n) is 6.28. The maximum atomic E-state index is 10.9. The fourth-order valence-corrected chi connectivity index (χ4v) is 2.03. The molecule has 2 aromatic rings. The molecule has 0 unspecified atom stereocenters. The van der Waals surface area contributed by atoms with Crippen LogP contribution in [0, 0.1) is 0 Å². The first-order chi connectivity index (χ1) is 10.6. The van der Waals surface area contributed by atoms with E-state index in [1.54, 1.807) is 12.1 Å². The van der Waals surface area contributed by atoms with Gasteiger partial charge in [0, 0.05) is 10.6 Å². The fraction of sp³-hybridized carbons (Fsp3) is 0. The van der Waals surface area contributed by atoms with Crippen molar-refractivity contribution in [2.24, 2.45) is 5.10 Å². The maximum absolute atomic E-state index is 10.9. The summed E-state index contributed by atoms with van der Waals surface area (Å²) in [7, 11) is 0. The van der Waals surface area contributed by atoms with Gasteiger partial charge in [0.25, 0.3) is 0 Å². The molecule has 0 aliphatic heterocycles. The monoisotopic (exact) mass is 333 g/mol. The van der Waals surface area contributed by atoms with Crippen molar-refractivity contribution in [2.45, 2.75) is 0 Å². The number of carboxylic acid groups (broad SMARTS) is 1. The quantitative estimate of drug-likeness (QED) is 0.673. The molecule has 0 aliphatic rings. The predicted molar refractivity (Wildman–Crippen MR) is 88.2 cm³/mol. The van der Waals surface area contributed by atoms with E-state index < -0.39 is 5.97 Å². The Bertz CT molecular complexity index is 728. The van der Waals surface area contributed by atoms with Crippen LogP contribution in [0.25, 0.3) is 6.08 Å². The molecule has 0 saturated heterocycles. The Labute approximate surface area is 137 Å². The molecule has 0 heterocycles. The Morgan fingerprint density at radius 2 is 1.91 bits per heavy atom. The molecule has 0 fully saturated rings. The molecule has 0 aromatic heterocycles. The number of allylic oxidation sites excluding steroid dienone is 1. The van der Waals surface area contributed by atoms with Gasteiger partial charge in [-0.15, -0.1) is 0 Å². The molecule has 0 bridgehead atoms. The summed E-state index contributed by atoms with van der Waals surface area (Å²) < 4.78 is 0. The lowest BCUT2D eigenvalue weighted by Gasteiger charge is -2.07. The van der Waals surface area contributed by atoms with Gasteiger partial charge < -0.3 is 9.90 Å². The highest BCUT2D eigenvalue weighted by atomic mass is 35.5. The van der Waals surface area contributed by atoms with Gasteiger partial charge in [0.1, 0.15) is 0 Å². The number of hydrazone groups is 1. The number of carboxylic acids is 1. The zero-order chi connectivity index (χ0) is 15.9. The van der Waals surface area contributed by atoms with E-state index in [0.717, 1.165) is 5.56 Å². The van der Waals surface area contributed by atoms with Crippen LogP contribution in [0.15, 0.2) is 58.7 Å². The molecule has 0 radical (unpaired) electrons. The first kappa shape index (κ1) is 16.1. The highest BCUT2D eigenvalue weighted by molar-refractivity contribution is 6.41. The number of hydrogen-bond acceptors (Lipinski definition) is 4. The smallest absolute Gasteiger partial charge is 0.0731 e. The van der Waals surface area contributed by atoms with Crippen molar-refractivity contribution in [1.82, 2.24) is 0 Å². The van der Waals surface area contributed by atoms with E-state index in [-0.39, 0.29) is 10.6 Å². The van der Waals surface area contributed by atoms with Crippen molar-refractivity contribution in [3.05, 3.63) is 69.7 Å². The average Bonchev–Trinajstić information content (AvgIpc) is 2.49. The van der Waals surface area contributed by atoms with E-state index in [9.17, 15) is 9.90 Å². The Morgan fingerprint density at radius 1 is 1.18 bits per heavy atom. The summed E-state index contributed by atoms with van der Waals surface area (Å²) in [6.07, 6.45) is 3.17. The SMILES string of the molecule is O=C([O-])c1cc(NN=C/C(Cl)=C\c2ccccc2)ccc1Cl. The van der Waals surface area contributed by atoms with Gasteiger partial charge in [-0.2, -0.15) is 5.10 Å². The van der Waals surface area contributed by atoms with E-state index >= 15 is 0 Å².